The fourth-order valence-corrected chi connectivity index (χ4v) is 6.47. The molecule has 1 heterocycles. The first-order valence-electron chi connectivity index (χ1n) is 9.73. The van der Waals surface area contributed by atoms with Gasteiger partial charge in [0.1, 0.15) is 5.54 Å². The second-order valence-electron chi connectivity index (χ2n) is 7.87. The van der Waals surface area contributed by atoms with Crippen molar-refractivity contribution < 1.29 is 4.79 Å². The minimum atomic E-state index is -0.694. The summed E-state index contributed by atoms with van der Waals surface area (Å²) >= 11 is 7.23. The van der Waals surface area contributed by atoms with Gasteiger partial charge >= 0.3 is 0 Å². The van der Waals surface area contributed by atoms with Crippen molar-refractivity contribution in [3.05, 3.63) is 68.1 Å². The topological polar surface area (TPSA) is 58.4 Å². The van der Waals surface area contributed by atoms with Crippen LogP contribution in [0.15, 0.2) is 51.4 Å². The molecule has 4 nitrogen and oxygen atoms in total. The first-order chi connectivity index (χ1) is 13.4. The number of hydrogen-bond donors (Lipinski definition) is 2. The number of carbonyl (C=O) groups excluding carboxylic acids is 1. The number of nitrogens with one attached hydrogen (secondary N) is 1. The van der Waals surface area contributed by atoms with Crippen molar-refractivity contribution in [2.45, 2.75) is 30.7 Å². The summed E-state index contributed by atoms with van der Waals surface area (Å²) in [5, 5.41) is 3.40. The quantitative estimate of drug-likeness (QED) is 0.555. The Kier molecular flexibility index (Phi) is 8.82. The highest BCUT2D eigenvalue weighted by Gasteiger charge is 2.56. The molecule has 164 valence electrons. The van der Waals surface area contributed by atoms with E-state index < -0.39 is 5.54 Å². The molecule has 8 heteroatoms. The van der Waals surface area contributed by atoms with Crippen molar-refractivity contribution in [3.8, 4) is 0 Å². The van der Waals surface area contributed by atoms with Crippen LogP contribution in [0.5, 0.6) is 0 Å². The van der Waals surface area contributed by atoms with E-state index in [4.69, 9.17) is 5.73 Å². The number of halogens is 4. The SMILES string of the molecule is C[C@@H](c1cc(Br)cc(Br)c1)C1c2ccccc2CC1(C(N)=O)N1CCNCC1.Cl.Cl. The van der Waals surface area contributed by atoms with Gasteiger partial charge in [-0.15, -0.1) is 24.8 Å². The normalized spacial score (nSPS) is 24.3. The van der Waals surface area contributed by atoms with Crippen LogP contribution in [0.25, 0.3) is 0 Å². The van der Waals surface area contributed by atoms with Crippen molar-refractivity contribution in [1.82, 2.24) is 10.2 Å². The summed E-state index contributed by atoms with van der Waals surface area (Å²) < 4.78 is 2.06. The number of carbonyl (C=O) groups is 1. The molecule has 3 atom stereocenters. The molecule has 3 N–H and O–H groups in total. The van der Waals surface area contributed by atoms with Crippen LogP contribution in [-0.4, -0.2) is 42.5 Å². The summed E-state index contributed by atoms with van der Waals surface area (Å²) in [5.41, 5.74) is 9.19. The molecule has 30 heavy (non-hydrogen) atoms. The zero-order chi connectivity index (χ0) is 19.9. The fraction of sp³-hybridized carbons (Fsp3) is 0.409. The molecule has 2 aliphatic rings. The van der Waals surface area contributed by atoms with Crippen molar-refractivity contribution in [2.75, 3.05) is 26.2 Å². The van der Waals surface area contributed by atoms with Crippen molar-refractivity contribution in [1.29, 1.82) is 0 Å². The minimum Gasteiger partial charge on any atom is -0.368 e. The zero-order valence-corrected chi connectivity index (χ0v) is 21.5. The van der Waals surface area contributed by atoms with Crippen LogP contribution >= 0.6 is 56.7 Å². The third-order valence-corrected chi connectivity index (χ3v) is 7.30. The predicted octanol–water partition coefficient (Wildman–Crippen LogP) is 4.63. The number of piperazine rings is 1. The number of nitrogens with two attached hydrogens (primary N) is 1. The summed E-state index contributed by atoms with van der Waals surface area (Å²) in [6.07, 6.45) is 0.683. The van der Waals surface area contributed by atoms with Gasteiger partial charge in [-0.05, 0) is 40.8 Å². The molecule has 1 aliphatic carbocycles. The predicted molar refractivity (Wildman–Crippen MR) is 134 cm³/mol. The minimum absolute atomic E-state index is 0. The van der Waals surface area contributed by atoms with Crippen LogP contribution in [0.4, 0.5) is 0 Å². The van der Waals surface area contributed by atoms with E-state index >= 15 is 0 Å². The second kappa shape index (κ2) is 10.3. The summed E-state index contributed by atoms with van der Waals surface area (Å²) in [4.78, 5) is 15.4. The first-order valence-corrected chi connectivity index (χ1v) is 11.3. The van der Waals surface area contributed by atoms with Gasteiger partial charge < -0.3 is 11.1 Å². The van der Waals surface area contributed by atoms with Gasteiger partial charge in [0.05, 0.1) is 0 Å². The number of amides is 1. The molecule has 1 amide bonds. The summed E-state index contributed by atoms with van der Waals surface area (Å²) in [5.74, 6) is -0.0585. The number of benzene rings is 2. The highest BCUT2D eigenvalue weighted by molar-refractivity contribution is 9.11. The Morgan fingerprint density at radius 2 is 1.73 bits per heavy atom. The molecule has 1 aliphatic heterocycles. The van der Waals surface area contributed by atoms with E-state index in [0.717, 1.165) is 35.1 Å². The molecule has 1 fully saturated rings. The second-order valence-corrected chi connectivity index (χ2v) is 9.70. The number of primary amides is 1. The molecule has 2 aromatic rings. The molecule has 0 saturated carbocycles. The number of fused-ring (bicyclic) bond motifs is 1. The first kappa shape index (κ1) is 25.6. The van der Waals surface area contributed by atoms with Gasteiger partial charge in [-0.1, -0.05) is 63.0 Å². The zero-order valence-electron chi connectivity index (χ0n) is 16.7. The molecular weight excluding hydrogens is 553 g/mol. The average molecular weight is 580 g/mol. The molecule has 0 spiro atoms. The fourth-order valence-electron chi connectivity index (χ4n) is 5.14. The lowest BCUT2D eigenvalue weighted by molar-refractivity contribution is -0.132. The number of rotatable bonds is 4. The maximum atomic E-state index is 13.1. The maximum Gasteiger partial charge on any atom is 0.238 e. The smallest absolute Gasteiger partial charge is 0.238 e. The molecule has 0 aromatic heterocycles. The molecule has 2 aromatic carbocycles. The highest BCUT2D eigenvalue weighted by Crippen LogP contribution is 2.52. The Labute approximate surface area is 207 Å². The number of nitrogens with zero attached hydrogens (tertiary/aromatic N) is 1. The molecule has 1 saturated heterocycles. The third-order valence-electron chi connectivity index (χ3n) is 6.38. The van der Waals surface area contributed by atoms with Crippen LogP contribution < -0.4 is 11.1 Å². The van der Waals surface area contributed by atoms with Gasteiger partial charge in [0.2, 0.25) is 5.91 Å². The van der Waals surface area contributed by atoms with E-state index in [1.54, 1.807) is 0 Å². The Morgan fingerprint density at radius 3 is 2.33 bits per heavy atom. The molecule has 0 radical (unpaired) electrons. The average Bonchev–Trinajstić information content (AvgIpc) is 3.03. The summed E-state index contributed by atoms with van der Waals surface area (Å²) in [7, 11) is 0. The van der Waals surface area contributed by atoms with Gasteiger partial charge in [-0.25, -0.2) is 0 Å². The van der Waals surface area contributed by atoms with Crippen LogP contribution in [-0.2, 0) is 11.2 Å². The van der Waals surface area contributed by atoms with E-state index in [9.17, 15) is 4.79 Å². The van der Waals surface area contributed by atoms with E-state index in [2.05, 4.69) is 85.4 Å². The Morgan fingerprint density at radius 1 is 1.13 bits per heavy atom. The largest absolute Gasteiger partial charge is 0.368 e. The highest BCUT2D eigenvalue weighted by atomic mass is 79.9. The van der Waals surface area contributed by atoms with Gasteiger partial charge in [0.25, 0.3) is 0 Å². The third kappa shape index (κ3) is 4.45. The van der Waals surface area contributed by atoms with E-state index in [1.165, 1.54) is 16.7 Å². The van der Waals surface area contributed by atoms with Crippen LogP contribution in [0.2, 0.25) is 0 Å². The molecular formula is C22H27Br2Cl2N3O. The Balaban J connectivity index is 0.00000160. The van der Waals surface area contributed by atoms with Crippen LogP contribution in [0, 0.1) is 0 Å². The van der Waals surface area contributed by atoms with E-state index in [1.807, 2.05) is 6.07 Å². The number of hydrogen-bond acceptors (Lipinski definition) is 3. The molecule has 0 bridgehead atoms. The van der Waals surface area contributed by atoms with Crippen molar-refractivity contribution >= 4 is 62.6 Å². The lowest BCUT2D eigenvalue weighted by Crippen LogP contribution is -2.65. The van der Waals surface area contributed by atoms with Crippen molar-refractivity contribution in [2.24, 2.45) is 5.73 Å². The van der Waals surface area contributed by atoms with Gasteiger partial charge in [-0.2, -0.15) is 0 Å². The Hall–Kier alpha value is -0.630. The van der Waals surface area contributed by atoms with E-state index in [0.29, 0.717) is 6.42 Å². The summed E-state index contributed by atoms with van der Waals surface area (Å²) in [6.45, 7) is 5.66. The van der Waals surface area contributed by atoms with Gasteiger partial charge in [0.15, 0.2) is 0 Å². The summed E-state index contributed by atoms with van der Waals surface area (Å²) in [6, 6.07) is 14.8. The van der Waals surface area contributed by atoms with Crippen LogP contribution in [0.1, 0.15) is 35.4 Å². The van der Waals surface area contributed by atoms with Crippen molar-refractivity contribution in [3.63, 3.8) is 0 Å². The molecule has 2 unspecified atom stereocenters. The lowest BCUT2D eigenvalue weighted by atomic mass is 9.72. The maximum absolute atomic E-state index is 13.1. The lowest BCUT2D eigenvalue weighted by Gasteiger charge is -2.47. The molecule has 4 rings (SSSR count). The standard InChI is InChI=1S/C22H25Br2N3O.2ClH/c1-14(16-10-17(23)12-18(24)11-16)20-19-5-3-2-4-15(19)13-22(20,21(25)28)27-8-6-26-7-9-27;;/h2-5,10-12,14,20,26H,6-9,13H2,1H3,(H2,25,28);2*1H/t14-,20?,22?;;/m0../s1. The monoisotopic (exact) mass is 577 g/mol. The van der Waals surface area contributed by atoms with Gasteiger partial charge in [-0.3, -0.25) is 9.69 Å². The van der Waals surface area contributed by atoms with Crippen LogP contribution in [0.3, 0.4) is 0 Å². The van der Waals surface area contributed by atoms with Gasteiger partial charge in [0, 0.05) is 47.5 Å². The Bertz CT molecular complexity index is 887. The van der Waals surface area contributed by atoms with E-state index in [-0.39, 0.29) is 42.6 Å².